The first kappa shape index (κ1) is 21.7. The van der Waals surface area contributed by atoms with E-state index < -0.39 is 0 Å². The molecule has 0 unspecified atom stereocenters. The predicted molar refractivity (Wildman–Crippen MR) is 149 cm³/mol. The van der Waals surface area contributed by atoms with Crippen LogP contribution in [0.3, 0.4) is 0 Å². The molecule has 0 spiro atoms. The highest BCUT2D eigenvalue weighted by Gasteiger charge is 2.34. The molecule has 0 saturated heterocycles. The number of carbonyl (C=O) groups is 4. The van der Waals surface area contributed by atoms with Crippen LogP contribution in [0.25, 0.3) is 43.1 Å². The lowest BCUT2D eigenvalue weighted by Crippen LogP contribution is -2.37. The largest absolute Gasteiger partial charge is 0.277 e. The molecule has 0 bridgehead atoms. The maximum absolute atomic E-state index is 12.8. The van der Waals surface area contributed by atoms with E-state index in [1.54, 1.807) is 24.3 Å². The fraction of sp³-hybridized carbons (Fsp3) is 0.0769. The Morgan fingerprint density at radius 1 is 0.441 bits per heavy atom. The summed E-state index contributed by atoms with van der Waals surface area (Å²) in [5.41, 5.74) is 2.01. The highest BCUT2D eigenvalue weighted by molar-refractivity contribution is 15.0. The number of imide groups is 2. The van der Waals surface area contributed by atoms with Gasteiger partial charge in [-0.1, -0.05) is 24.3 Å². The number of fused-ring (bicyclic) bond motifs is 2. The van der Waals surface area contributed by atoms with Crippen molar-refractivity contribution in [2.24, 2.45) is 0 Å². The van der Waals surface area contributed by atoms with Gasteiger partial charge in [-0.2, -0.15) is 0 Å². The van der Waals surface area contributed by atoms with Crippen LogP contribution < -0.4 is 0 Å². The quantitative estimate of drug-likeness (QED) is 0.0882. The van der Waals surface area contributed by atoms with Gasteiger partial charge in [0.25, 0.3) is 23.6 Å². The molecule has 6 nitrogen and oxygen atoms in total. The summed E-state index contributed by atoms with van der Waals surface area (Å²) in [4.78, 5) is 53.7. The average molecular weight is 672 g/mol. The minimum Gasteiger partial charge on any atom is -0.277 e. The Labute approximate surface area is 216 Å². The molecule has 0 aliphatic carbocycles. The fourth-order valence-electron chi connectivity index (χ4n) is 5.51. The van der Waals surface area contributed by atoms with Crippen LogP contribution in [0.15, 0.2) is 48.5 Å². The van der Waals surface area contributed by atoms with Crippen LogP contribution in [0, 0.1) is 0 Å². The summed E-state index contributed by atoms with van der Waals surface area (Å²) in [6.07, 6.45) is 0. The van der Waals surface area contributed by atoms with Gasteiger partial charge in [0.15, 0.2) is 0 Å². The molecule has 0 N–H and O–H groups in total. The Balaban J connectivity index is 0.00000106. The molecule has 5 aromatic rings. The third-order valence-electron chi connectivity index (χ3n) is 7.04. The molecule has 0 fully saturated rings. The number of nitrogens with zero attached hydrogens (tertiary/aromatic N) is 2. The molecular weight excluding hydrogens is 658 g/mol. The number of benzene rings is 5. The van der Waals surface area contributed by atoms with E-state index in [1.807, 2.05) is 24.3 Å². The van der Waals surface area contributed by atoms with Crippen LogP contribution in [0.1, 0.15) is 41.4 Å². The molecule has 2 aliphatic rings. The summed E-state index contributed by atoms with van der Waals surface area (Å²) in [6, 6.07) is 14.7. The monoisotopic (exact) mass is 672 g/mol. The summed E-state index contributed by atoms with van der Waals surface area (Å²) < 4.78 is 0. The number of amides is 4. The van der Waals surface area contributed by atoms with Crippen molar-refractivity contribution in [2.75, 3.05) is 14.1 Å². The van der Waals surface area contributed by atoms with E-state index in [2.05, 4.69) is 37.2 Å². The molecular formula is C26H14I2N2O4. The zero-order valence-electron chi connectivity index (χ0n) is 17.9. The molecule has 34 heavy (non-hydrogen) atoms. The first-order valence-electron chi connectivity index (χ1n) is 10.4. The lowest BCUT2D eigenvalue weighted by atomic mass is 9.82. The third kappa shape index (κ3) is 2.45. The van der Waals surface area contributed by atoms with Crippen molar-refractivity contribution in [2.45, 2.75) is 0 Å². The van der Waals surface area contributed by atoms with Gasteiger partial charge in [0.2, 0.25) is 0 Å². The molecule has 4 amide bonds. The van der Waals surface area contributed by atoms with Gasteiger partial charge < -0.3 is 0 Å². The maximum Gasteiger partial charge on any atom is 0.261 e. The highest BCUT2D eigenvalue weighted by Crippen LogP contribution is 2.45. The summed E-state index contributed by atoms with van der Waals surface area (Å²) in [7, 11) is 2.99. The number of carbonyl (C=O) groups excluding carboxylic acids is 4. The zero-order chi connectivity index (χ0) is 24.0. The second kappa shape index (κ2) is 7.32. The number of hydrogen-bond donors (Lipinski definition) is 0. The topological polar surface area (TPSA) is 74.8 Å². The molecule has 0 aromatic heterocycles. The van der Waals surface area contributed by atoms with Gasteiger partial charge in [0, 0.05) is 84.4 Å². The van der Waals surface area contributed by atoms with E-state index in [9.17, 15) is 19.2 Å². The summed E-state index contributed by atoms with van der Waals surface area (Å²) in [6.45, 7) is 0. The standard InChI is InChI=1S/C26H14N2O4.I2/c1-27-23(29)15-7-3-11-13-5-9-17-22-18(26(32)28(2)25(17)31)10-6-14(20(13)22)12-4-8-16(24(27)30)21(15)19(11)12;1-2/h3-10H,1-2H3;. The Hall–Kier alpha value is -2.86. The van der Waals surface area contributed by atoms with Crippen molar-refractivity contribution < 1.29 is 19.2 Å². The van der Waals surface area contributed by atoms with Crippen molar-refractivity contribution >= 4 is 104 Å². The van der Waals surface area contributed by atoms with Gasteiger partial charge in [0.1, 0.15) is 0 Å². The lowest BCUT2D eigenvalue weighted by Gasteiger charge is -2.27. The number of hydrogen-bond acceptors (Lipinski definition) is 4. The molecule has 5 aromatic carbocycles. The van der Waals surface area contributed by atoms with Gasteiger partial charge in [-0.3, -0.25) is 29.0 Å². The Kier molecular flexibility index (Phi) is 4.66. The highest BCUT2D eigenvalue weighted by atomic mass is 128. The smallest absolute Gasteiger partial charge is 0.261 e. The van der Waals surface area contributed by atoms with Gasteiger partial charge >= 0.3 is 0 Å². The van der Waals surface area contributed by atoms with E-state index >= 15 is 0 Å². The van der Waals surface area contributed by atoms with Crippen molar-refractivity contribution in [3.8, 4) is 0 Å². The molecule has 0 radical (unpaired) electrons. The molecule has 2 heterocycles. The van der Waals surface area contributed by atoms with E-state index in [4.69, 9.17) is 0 Å². The minimum atomic E-state index is -0.318. The lowest BCUT2D eigenvalue weighted by molar-refractivity contribution is 0.0635. The van der Waals surface area contributed by atoms with Gasteiger partial charge in [-0.25, -0.2) is 0 Å². The van der Waals surface area contributed by atoms with Gasteiger partial charge in [0.05, 0.1) is 0 Å². The minimum absolute atomic E-state index is 0.318. The van der Waals surface area contributed by atoms with Crippen LogP contribution in [0.2, 0.25) is 0 Å². The Morgan fingerprint density at radius 2 is 0.676 bits per heavy atom. The first-order chi connectivity index (χ1) is 16.4. The molecule has 0 atom stereocenters. The van der Waals surface area contributed by atoms with Crippen LogP contribution in [-0.4, -0.2) is 47.5 Å². The van der Waals surface area contributed by atoms with Crippen LogP contribution in [0.5, 0.6) is 0 Å². The number of rotatable bonds is 0. The first-order valence-corrected chi connectivity index (χ1v) is 16.7. The summed E-state index contributed by atoms with van der Waals surface area (Å²) in [5, 5.41) is 6.60. The van der Waals surface area contributed by atoms with Crippen molar-refractivity contribution in [1.29, 1.82) is 0 Å². The average Bonchev–Trinajstić information content (AvgIpc) is 2.88. The van der Waals surface area contributed by atoms with Crippen LogP contribution >= 0.6 is 37.2 Å². The summed E-state index contributed by atoms with van der Waals surface area (Å²) in [5.74, 6) is -1.27. The van der Waals surface area contributed by atoms with Crippen molar-refractivity contribution in [3.05, 3.63) is 70.8 Å². The molecule has 7 rings (SSSR count). The van der Waals surface area contributed by atoms with Gasteiger partial charge in [-0.05, 0) is 56.6 Å². The second-order valence-electron chi connectivity index (χ2n) is 8.48. The normalized spacial score (nSPS) is 15.2. The molecule has 8 heteroatoms. The molecule has 0 saturated carbocycles. The second-order valence-corrected chi connectivity index (χ2v) is 8.48. The summed E-state index contributed by atoms with van der Waals surface area (Å²) >= 11 is 4.24. The zero-order valence-corrected chi connectivity index (χ0v) is 22.2. The van der Waals surface area contributed by atoms with E-state index in [0.29, 0.717) is 33.0 Å². The van der Waals surface area contributed by atoms with E-state index in [0.717, 1.165) is 42.1 Å². The number of halogens is 2. The van der Waals surface area contributed by atoms with Crippen LogP contribution in [0.4, 0.5) is 0 Å². The molecule has 166 valence electrons. The van der Waals surface area contributed by atoms with Crippen molar-refractivity contribution in [3.63, 3.8) is 0 Å². The Morgan fingerprint density at radius 3 is 0.912 bits per heavy atom. The fourth-order valence-corrected chi connectivity index (χ4v) is 5.51. The Bertz CT molecular complexity index is 1540. The van der Waals surface area contributed by atoms with Crippen molar-refractivity contribution in [1.82, 2.24) is 9.80 Å². The van der Waals surface area contributed by atoms with Crippen LogP contribution in [-0.2, 0) is 0 Å². The third-order valence-corrected chi connectivity index (χ3v) is 7.04. The predicted octanol–water partition coefficient (Wildman–Crippen LogP) is 5.96. The SMILES string of the molecule is CN1C(=O)c2ccc3c4ccc5c6c(ccc(c7ccc(c2c37)C1=O)c64)C(=O)N(C)C5=O.II. The van der Waals surface area contributed by atoms with E-state index in [1.165, 1.54) is 14.1 Å². The van der Waals surface area contributed by atoms with Gasteiger partial charge in [-0.15, -0.1) is 0 Å². The van der Waals surface area contributed by atoms with E-state index in [-0.39, 0.29) is 23.6 Å². The maximum atomic E-state index is 12.8. The molecule has 2 aliphatic heterocycles.